The van der Waals surface area contributed by atoms with Gasteiger partial charge in [0.1, 0.15) is 6.61 Å². The Bertz CT molecular complexity index is 211. The maximum atomic E-state index is 11.3. The second-order valence-corrected chi connectivity index (χ2v) is 4.62. The Morgan fingerprint density at radius 3 is 2.87 bits per heavy atom. The quantitative estimate of drug-likeness (QED) is 0.658. The lowest BCUT2D eigenvalue weighted by Crippen LogP contribution is -2.33. The summed E-state index contributed by atoms with van der Waals surface area (Å²) >= 11 is 0. The van der Waals surface area contributed by atoms with Gasteiger partial charge in [0, 0.05) is 6.54 Å². The predicted molar refractivity (Wildman–Crippen MR) is 57.5 cm³/mol. The summed E-state index contributed by atoms with van der Waals surface area (Å²) in [6.07, 6.45) is 3.72. The van der Waals surface area contributed by atoms with Crippen LogP contribution in [0.4, 0.5) is 0 Å². The summed E-state index contributed by atoms with van der Waals surface area (Å²) in [4.78, 5) is 11.3. The molecule has 2 aliphatic rings. The van der Waals surface area contributed by atoms with Crippen molar-refractivity contribution in [2.45, 2.75) is 19.3 Å². The number of carbonyl (C=O) groups excluding carboxylic acids is 1. The molecule has 15 heavy (non-hydrogen) atoms. The number of ether oxygens (including phenoxy) is 1. The summed E-state index contributed by atoms with van der Waals surface area (Å²) in [5.74, 6) is 1.37. The average molecular weight is 212 g/mol. The van der Waals surface area contributed by atoms with Crippen LogP contribution in [0.3, 0.4) is 0 Å². The zero-order valence-corrected chi connectivity index (χ0v) is 9.13. The van der Waals surface area contributed by atoms with Crippen LogP contribution < -0.4 is 10.6 Å². The van der Waals surface area contributed by atoms with Crippen LogP contribution in [0.1, 0.15) is 19.3 Å². The van der Waals surface area contributed by atoms with E-state index in [4.69, 9.17) is 4.74 Å². The normalized spacial score (nSPS) is 25.5. The van der Waals surface area contributed by atoms with Crippen molar-refractivity contribution >= 4 is 5.91 Å². The summed E-state index contributed by atoms with van der Waals surface area (Å²) < 4.78 is 5.31. The van der Waals surface area contributed by atoms with Crippen LogP contribution in [0.25, 0.3) is 0 Å². The summed E-state index contributed by atoms with van der Waals surface area (Å²) in [6.45, 7) is 3.90. The molecule has 1 aliphatic heterocycles. The van der Waals surface area contributed by atoms with Crippen LogP contribution in [0.15, 0.2) is 0 Å². The monoisotopic (exact) mass is 212 g/mol. The van der Waals surface area contributed by atoms with Crippen LogP contribution in [0, 0.1) is 11.8 Å². The summed E-state index contributed by atoms with van der Waals surface area (Å²) in [5, 5.41) is 6.19. The van der Waals surface area contributed by atoms with E-state index in [2.05, 4.69) is 10.6 Å². The maximum absolute atomic E-state index is 11.3. The van der Waals surface area contributed by atoms with Gasteiger partial charge >= 0.3 is 0 Å². The van der Waals surface area contributed by atoms with Crippen molar-refractivity contribution in [2.24, 2.45) is 11.8 Å². The fraction of sp³-hybridized carbons (Fsp3) is 0.909. The van der Waals surface area contributed by atoms with E-state index in [0.29, 0.717) is 5.92 Å². The van der Waals surface area contributed by atoms with Crippen molar-refractivity contribution < 1.29 is 9.53 Å². The third-order valence-electron chi connectivity index (χ3n) is 3.03. The van der Waals surface area contributed by atoms with E-state index in [1.807, 2.05) is 0 Å². The van der Waals surface area contributed by atoms with E-state index in [-0.39, 0.29) is 12.5 Å². The van der Waals surface area contributed by atoms with E-state index >= 15 is 0 Å². The van der Waals surface area contributed by atoms with Crippen molar-refractivity contribution in [3.63, 3.8) is 0 Å². The molecule has 1 amide bonds. The molecule has 1 saturated carbocycles. The lowest BCUT2D eigenvalue weighted by Gasteiger charge is -2.10. The molecule has 2 fully saturated rings. The first kappa shape index (κ1) is 10.9. The molecular weight excluding hydrogens is 192 g/mol. The first-order valence-electron chi connectivity index (χ1n) is 5.90. The molecule has 0 spiro atoms. The number of carbonyl (C=O) groups is 1. The predicted octanol–water partition coefficient (Wildman–Crippen LogP) is 0.139. The van der Waals surface area contributed by atoms with Gasteiger partial charge in [-0.05, 0) is 44.2 Å². The van der Waals surface area contributed by atoms with Gasteiger partial charge in [-0.15, -0.1) is 0 Å². The van der Waals surface area contributed by atoms with Gasteiger partial charge in [0.25, 0.3) is 0 Å². The van der Waals surface area contributed by atoms with Crippen molar-refractivity contribution in [2.75, 3.05) is 32.8 Å². The highest BCUT2D eigenvalue weighted by Crippen LogP contribution is 2.28. The summed E-state index contributed by atoms with van der Waals surface area (Å²) in [6, 6.07) is 0. The Balaban J connectivity index is 1.47. The second-order valence-electron chi connectivity index (χ2n) is 4.62. The molecule has 1 aliphatic carbocycles. The first-order valence-corrected chi connectivity index (χ1v) is 5.90. The Kier molecular flexibility index (Phi) is 3.97. The number of rotatable bonds is 6. The number of nitrogens with one attached hydrogen (secondary N) is 2. The lowest BCUT2D eigenvalue weighted by molar-refractivity contribution is -0.126. The van der Waals surface area contributed by atoms with Gasteiger partial charge < -0.3 is 15.4 Å². The minimum atomic E-state index is 0.0301. The molecule has 1 saturated heterocycles. The van der Waals surface area contributed by atoms with Crippen molar-refractivity contribution in [1.29, 1.82) is 0 Å². The van der Waals surface area contributed by atoms with Crippen LogP contribution >= 0.6 is 0 Å². The van der Waals surface area contributed by atoms with Gasteiger partial charge in [-0.2, -0.15) is 0 Å². The fourth-order valence-corrected chi connectivity index (χ4v) is 1.80. The van der Waals surface area contributed by atoms with E-state index in [1.54, 1.807) is 0 Å². The third-order valence-corrected chi connectivity index (χ3v) is 3.03. The zero-order valence-electron chi connectivity index (χ0n) is 9.13. The zero-order chi connectivity index (χ0) is 10.5. The Hall–Kier alpha value is -0.610. The van der Waals surface area contributed by atoms with E-state index in [1.165, 1.54) is 19.3 Å². The highest BCUT2D eigenvalue weighted by Gasteiger charge is 2.21. The first-order chi connectivity index (χ1) is 7.34. The molecule has 0 bridgehead atoms. The lowest BCUT2D eigenvalue weighted by atomic mass is 10.1. The Morgan fingerprint density at radius 2 is 2.20 bits per heavy atom. The maximum Gasteiger partial charge on any atom is 0.246 e. The van der Waals surface area contributed by atoms with Gasteiger partial charge in [-0.3, -0.25) is 4.79 Å². The molecular formula is C11H20N2O2. The van der Waals surface area contributed by atoms with Crippen LogP contribution in [-0.2, 0) is 9.53 Å². The molecule has 4 heteroatoms. The van der Waals surface area contributed by atoms with Gasteiger partial charge in [-0.1, -0.05) is 0 Å². The molecule has 0 aromatic carbocycles. The Morgan fingerprint density at radius 1 is 1.33 bits per heavy atom. The fourth-order valence-electron chi connectivity index (χ4n) is 1.80. The van der Waals surface area contributed by atoms with E-state index < -0.39 is 0 Å². The van der Waals surface area contributed by atoms with E-state index in [9.17, 15) is 4.79 Å². The minimum absolute atomic E-state index is 0.0301. The van der Waals surface area contributed by atoms with Crippen LogP contribution in [0.2, 0.25) is 0 Å². The third kappa shape index (κ3) is 4.18. The summed E-state index contributed by atoms with van der Waals surface area (Å²) in [5.41, 5.74) is 0. The second kappa shape index (κ2) is 5.47. The standard InChI is InChI=1S/C11H20N2O2/c14-11(8-15-7-9-1-2-9)13-6-10-3-4-12-5-10/h9-10,12H,1-8H2,(H,13,14). The molecule has 0 radical (unpaired) electrons. The number of amides is 1. The molecule has 86 valence electrons. The summed E-state index contributed by atoms with van der Waals surface area (Å²) in [7, 11) is 0. The molecule has 2 N–H and O–H groups in total. The minimum Gasteiger partial charge on any atom is -0.371 e. The molecule has 2 rings (SSSR count). The molecule has 1 unspecified atom stereocenters. The van der Waals surface area contributed by atoms with Gasteiger partial charge in [0.2, 0.25) is 5.91 Å². The number of hydrogen-bond acceptors (Lipinski definition) is 3. The average Bonchev–Trinajstić information content (AvgIpc) is 2.91. The Labute approximate surface area is 90.8 Å². The smallest absolute Gasteiger partial charge is 0.246 e. The van der Waals surface area contributed by atoms with Gasteiger partial charge in [-0.25, -0.2) is 0 Å². The molecule has 4 nitrogen and oxygen atoms in total. The number of hydrogen-bond donors (Lipinski definition) is 2. The van der Waals surface area contributed by atoms with Crippen LogP contribution in [-0.4, -0.2) is 38.8 Å². The molecule has 0 aromatic rings. The topological polar surface area (TPSA) is 50.4 Å². The van der Waals surface area contributed by atoms with Gasteiger partial charge in [0.15, 0.2) is 0 Å². The van der Waals surface area contributed by atoms with E-state index in [0.717, 1.165) is 32.2 Å². The van der Waals surface area contributed by atoms with Crippen LogP contribution in [0.5, 0.6) is 0 Å². The van der Waals surface area contributed by atoms with Crippen molar-refractivity contribution in [3.8, 4) is 0 Å². The van der Waals surface area contributed by atoms with Crippen molar-refractivity contribution in [3.05, 3.63) is 0 Å². The SMILES string of the molecule is O=C(COCC1CC1)NCC1CCNC1. The highest BCUT2D eigenvalue weighted by molar-refractivity contribution is 5.77. The van der Waals surface area contributed by atoms with Crippen molar-refractivity contribution in [1.82, 2.24) is 10.6 Å². The molecule has 1 heterocycles. The van der Waals surface area contributed by atoms with Gasteiger partial charge in [0.05, 0.1) is 6.61 Å². The largest absolute Gasteiger partial charge is 0.371 e. The molecule has 1 atom stereocenters. The molecule has 0 aromatic heterocycles. The highest BCUT2D eigenvalue weighted by atomic mass is 16.5.